The van der Waals surface area contributed by atoms with Crippen molar-refractivity contribution in [2.45, 2.75) is 26.7 Å². The Morgan fingerprint density at radius 1 is 1.54 bits per heavy atom. The van der Waals surface area contributed by atoms with Crippen molar-refractivity contribution in [1.29, 1.82) is 0 Å². The summed E-state index contributed by atoms with van der Waals surface area (Å²) in [6, 6.07) is 0. The predicted molar refractivity (Wildman–Crippen MR) is 50.8 cm³/mol. The third-order valence-corrected chi connectivity index (χ3v) is 2.41. The van der Waals surface area contributed by atoms with E-state index in [0.717, 1.165) is 29.7 Å². The van der Waals surface area contributed by atoms with Crippen molar-refractivity contribution in [3.63, 3.8) is 0 Å². The number of fused-ring (bicyclic) bond motifs is 1. The first-order valence-corrected chi connectivity index (χ1v) is 4.50. The third-order valence-electron chi connectivity index (χ3n) is 2.41. The molecule has 0 bridgehead atoms. The van der Waals surface area contributed by atoms with Gasteiger partial charge in [0.05, 0.1) is 0 Å². The first kappa shape index (κ1) is 8.30. The highest BCUT2D eigenvalue weighted by atomic mass is 16.3. The number of ketones is 1. The van der Waals surface area contributed by atoms with Gasteiger partial charge in [-0.05, 0) is 13.3 Å². The highest BCUT2D eigenvalue weighted by Gasteiger charge is 2.18. The number of carbonyl (C=O) groups is 1. The standard InChI is InChI=1S/C11H12O2/c1-7-9-5-3-4-6-10(9)13-11(7)8(2)12/h3,5H,4,6H2,1-2H3. The summed E-state index contributed by atoms with van der Waals surface area (Å²) in [6.45, 7) is 3.48. The molecule has 1 heterocycles. The van der Waals surface area contributed by atoms with Crippen LogP contribution in [0.15, 0.2) is 10.5 Å². The number of furan rings is 1. The first-order valence-electron chi connectivity index (χ1n) is 4.50. The van der Waals surface area contributed by atoms with E-state index in [0.29, 0.717) is 5.76 Å². The molecule has 0 N–H and O–H groups in total. The third kappa shape index (κ3) is 1.22. The number of rotatable bonds is 1. The van der Waals surface area contributed by atoms with Gasteiger partial charge in [0, 0.05) is 24.5 Å². The van der Waals surface area contributed by atoms with Gasteiger partial charge in [0.2, 0.25) is 0 Å². The van der Waals surface area contributed by atoms with Gasteiger partial charge >= 0.3 is 0 Å². The average Bonchev–Trinajstić information content (AvgIpc) is 2.45. The zero-order valence-electron chi connectivity index (χ0n) is 7.89. The largest absolute Gasteiger partial charge is 0.457 e. The van der Waals surface area contributed by atoms with E-state index < -0.39 is 0 Å². The van der Waals surface area contributed by atoms with Crippen molar-refractivity contribution in [2.75, 3.05) is 0 Å². The number of hydrogen-bond donors (Lipinski definition) is 0. The molecule has 0 amide bonds. The van der Waals surface area contributed by atoms with E-state index in [2.05, 4.69) is 6.08 Å². The summed E-state index contributed by atoms with van der Waals surface area (Å²) in [4.78, 5) is 11.2. The van der Waals surface area contributed by atoms with Crippen LogP contribution in [0.25, 0.3) is 6.08 Å². The molecule has 0 aliphatic heterocycles. The van der Waals surface area contributed by atoms with E-state index in [1.54, 1.807) is 6.92 Å². The summed E-state index contributed by atoms with van der Waals surface area (Å²) < 4.78 is 5.50. The quantitative estimate of drug-likeness (QED) is 0.616. The smallest absolute Gasteiger partial charge is 0.195 e. The van der Waals surface area contributed by atoms with Crippen molar-refractivity contribution in [3.05, 3.63) is 28.7 Å². The van der Waals surface area contributed by atoms with Crippen LogP contribution in [0.5, 0.6) is 0 Å². The zero-order chi connectivity index (χ0) is 9.42. The van der Waals surface area contributed by atoms with Crippen LogP contribution in [0.2, 0.25) is 0 Å². The van der Waals surface area contributed by atoms with Crippen molar-refractivity contribution >= 4 is 11.9 Å². The van der Waals surface area contributed by atoms with Gasteiger partial charge in [-0.15, -0.1) is 0 Å². The molecule has 2 heteroatoms. The summed E-state index contributed by atoms with van der Waals surface area (Å²) in [6.07, 6.45) is 6.09. The number of allylic oxidation sites excluding steroid dienone is 1. The predicted octanol–water partition coefficient (Wildman–Crippen LogP) is 2.75. The molecule has 0 unspecified atom stereocenters. The van der Waals surface area contributed by atoms with Crippen molar-refractivity contribution in [2.24, 2.45) is 0 Å². The van der Waals surface area contributed by atoms with Crippen LogP contribution >= 0.6 is 0 Å². The summed E-state index contributed by atoms with van der Waals surface area (Å²) in [5.74, 6) is 1.50. The Labute approximate surface area is 77.2 Å². The Bertz CT molecular complexity index is 383. The van der Waals surface area contributed by atoms with Crippen LogP contribution in [0.4, 0.5) is 0 Å². The molecule has 13 heavy (non-hydrogen) atoms. The van der Waals surface area contributed by atoms with E-state index in [1.165, 1.54) is 0 Å². The second kappa shape index (κ2) is 2.87. The first-order chi connectivity index (χ1) is 6.20. The van der Waals surface area contributed by atoms with Crippen LogP contribution in [0.3, 0.4) is 0 Å². The average molecular weight is 176 g/mol. The Morgan fingerprint density at radius 2 is 2.31 bits per heavy atom. The van der Waals surface area contributed by atoms with Crippen molar-refractivity contribution in [1.82, 2.24) is 0 Å². The second-order valence-electron chi connectivity index (χ2n) is 3.39. The maximum atomic E-state index is 11.2. The Hall–Kier alpha value is -1.31. The van der Waals surface area contributed by atoms with Gasteiger partial charge in [-0.2, -0.15) is 0 Å². The summed E-state index contributed by atoms with van der Waals surface area (Å²) in [5, 5.41) is 0. The highest BCUT2D eigenvalue weighted by molar-refractivity contribution is 5.94. The molecular formula is C11H12O2. The monoisotopic (exact) mass is 176 g/mol. The van der Waals surface area contributed by atoms with E-state index in [1.807, 2.05) is 13.0 Å². The lowest BCUT2D eigenvalue weighted by atomic mass is 10.0. The molecule has 1 aromatic heterocycles. The maximum Gasteiger partial charge on any atom is 0.195 e. The van der Waals surface area contributed by atoms with Gasteiger partial charge in [-0.25, -0.2) is 0 Å². The lowest BCUT2D eigenvalue weighted by Gasteiger charge is -2.01. The molecule has 2 nitrogen and oxygen atoms in total. The van der Waals surface area contributed by atoms with Crippen molar-refractivity contribution in [3.8, 4) is 0 Å². The molecule has 0 radical (unpaired) electrons. The molecule has 0 fully saturated rings. The highest BCUT2D eigenvalue weighted by Crippen LogP contribution is 2.28. The fourth-order valence-electron chi connectivity index (χ4n) is 1.74. The van der Waals surface area contributed by atoms with Crippen LogP contribution < -0.4 is 0 Å². The summed E-state index contributed by atoms with van der Waals surface area (Å²) in [5.41, 5.74) is 2.09. The molecule has 0 saturated heterocycles. The second-order valence-corrected chi connectivity index (χ2v) is 3.39. The fourth-order valence-corrected chi connectivity index (χ4v) is 1.74. The molecule has 1 aliphatic carbocycles. The Kier molecular flexibility index (Phi) is 1.83. The van der Waals surface area contributed by atoms with Crippen LogP contribution in [0, 0.1) is 6.92 Å². The Morgan fingerprint density at radius 3 is 2.92 bits per heavy atom. The molecule has 0 spiro atoms. The number of aryl methyl sites for hydroxylation is 1. The minimum Gasteiger partial charge on any atom is -0.457 e. The van der Waals surface area contributed by atoms with Gasteiger partial charge < -0.3 is 4.42 Å². The van der Waals surface area contributed by atoms with E-state index >= 15 is 0 Å². The zero-order valence-corrected chi connectivity index (χ0v) is 7.89. The minimum absolute atomic E-state index is 0.0142. The van der Waals surface area contributed by atoms with Gasteiger partial charge in [0.15, 0.2) is 11.5 Å². The van der Waals surface area contributed by atoms with Crippen LogP contribution in [-0.2, 0) is 6.42 Å². The number of Topliss-reactive ketones (excluding diaryl/α,β-unsaturated/α-hetero) is 1. The SMILES string of the molecule is CC(=O)c1oc2c(c1C)C=CCC2. The van der Waals surface area contributed by atoms with Crippen LogP contribution in [-0.4, -0.2) is 5.78 Å². The normalized spacial score (nSPS) is 14.3. The molecule has 0 saturated carbocycles. The number of carbonyl (C=O) groups excluding carboxylic acids is 1. The molecule has 2 rings (SSSR count). The summed E-state index contributed by atoms with van der Waals surface area (Å²) >= 11 is 0. The Balaban J connectivity index is 2.58. The van der Waals surface area contributed by atoms with Gasteiger partial charge in [0.1, 0.15) is 5.76 Å². The van der Waals surface area contributed by atoms with E-state index in [4.69, 9.17) is 4.42 Å². The lowest BCUT2D eigenvalue weighted by Crippen LogP contribution is -1.91. The lowest BCUT2D eigenvalue weighted by molar-refractivity contribution is 0.0984. The molecule has 0 atom stereocenters. The topological polar surface area (TPSA) is 30.2 Å². The molecule has 1 aromatic rings. The molecular weight excluding hydrogens is 164 g/mol. The van der Waals surface area contributed by atoms with Crippen LogP contribution in [0.1, 0.15) is 40.8 Å². The van der Waals surface area contributed by atoms with Gasteiger partial charge in [-0.1, -0.05) is 12.2 Å². The van der Waals surface area contributed by atoms with E-state index in [9.17, 15) is 4.79 Å². The van der Waals surface area contributed by atoms with Crippen molar-refractivity contribution < 1.29 is 9.21 Å². The van der Waals surface area contributed by atoms with Gasteiger partial charge in [0.25, 0.3) is 0 Å². The van der Waals surface area contributed by atoms with Gasteiger partial charge in [-0.3, -0.25) is 4.79 Å². The molecule has 1 aliphatic rings. The molecule has 0 aromatic carbocycles. The minimum atomic E-state index is 0.0142. The number of hydrogen-bond acceptors (Lipinski definition) is 2. The summed E-state index contributed by atoms with van der Waals surface area (Å²) in [7, 11) is 0. The van der Waals surface area contributed by atoms with E-state index in [-0.39, 0.29) is 5.78 Å². The maximum absolute atomic E-state index is 11.2. The fraction of sp³-hybridized carbons (Fsp3) is 0.364. The molecule has 68 valence electrons.